The van der Waals surface area contributed by atoms with Crippen molar-refractivity contribution in [3.63, 3.8) is 0 Å². The molecule has 1 aliphatic carbocycles. The van der Waals surface area contributed by atoms with E-state index in [2.05, 4.69) is 4.98 Å². The number of hydrogen-bond acceptors (Lipinski definition) is 5. The predicted molar refractivity (Wildman–Crippen MR) is 136 cm³/mol. The first kappa shape index (κ1) is 25.1. The van der Waals surface area contributed by atoms with Gasteiger partial charge in [-0.1, -0.05) is 37.0 Å². The number of carbonyl (C=O) groups is 1. The zero-order valence-corrected chi connectivity index (χ0v) is 21.3. The van der Waals surface area contributed by atoms with Crippen molar-refractivity contribution in [2.45, 2.75) is 70.4 Å². The van der Waals surface area contributed by atoms with Crippen LogP contribution in [0.5, 0.6) is 0 Å². The van der Waals surface area contributed by atoms with E-state index in [4.69, 9.17) is 4.74 Å². The number of ether oxygens (including phenoxy) is 1. The molecule has 0 radical (unpaired) electrons. The smallest absolute Gasteiger partial charge is 0.338 e. The van der Waals surface area contributed by atoms with Gasteiger partial charge in [-0.25, -0.2) is 13.2 Å². The molecule has 0 spiro atoms. The molecule has 1 saturated carbocycles. The molecule has 0 atom stereocenters. The normalized spacial score (nSPS) is 15.0. The second-order valence-electron chi connectivity index (χ2n) is 9.26. The fourth-order valence-electron chi connectivity index (χ4n) is 4.93. The van der Waals surface area contributed by atoms with Gasteiger partial charge in [0.25, 0.3) is 5.56 Å². The van der Waals surface area contributed by atoms with Gasteiger partial charge in [-0.2, -0.15) is 4.31 Å². The van der Waals surface area contributed by atoms with E-state index in [9.17, 15) is 18.0 Å². The first-order valence-electron chi connectivity index (χ1n) is 12.1. The van der Waals surface area contributed by atoms with Gasteiger partial charge in [0.05, 0.1) is 22.6 Å². The largest absolute Gasteiger partial charge is 0.462 e. The third-order valence-corrected chi connectivity index (χ3v) is 8.52. The van der Waals surface area contributed by atoms with Crippen molar-refractivity contribution in [2.75, 3.05) is 6.61 Å². The van der Waals surface area contributed by atoms with Gasteiger partial charge in [0, 0.05) is 18.2 Å². The first-order chi connectivity index (χ1) is 16.7. The number of sulfonamides is 1. The lowest BCUT2D eigenvalue weighted by Crippen LogP contribution is -2.42. The molecule has 35 heavy (non-hydrogen) atoms. The highest BCUT2D eigenvalue weighted by atomic mass is 32.2. The summed E-state index contributed by atoms with van der Waals surface area (Å²) in [6.45, 7) is 5.81. The molecule has 0 amide bonds. The number of hydrogen-bond donors (Lipinski definition) is 1. The Hall–Kier alpha value is -2.97. The lowest BCUT2D eigenvalue weighted by atomic mass is 9.95. The number of benzene rings is 2. The number of nitrogens with one attached hydrogen (secondary N) is 1. The summed E-state index contributed by atoms with van der Waals surface area (Å²) < 4.78 is 34.3. The molecule has 0 unspecified atom stereocenters. The number of nitrogens with zero attached hydrogens (tertiary/aromatic N) is 1. The van der Waals surface area contributed by atoms with E-state index >= 15 is 0 Å². The van der Waals surface area contributed by atoms with Crippen molar-refractivity contribution in [3.05, 3.63) is 75.1 Å². The summed E-state index contributed by atoms with van der Waals surface area (Å²) in [6.07, 6.45) is 4.41. The highest BCUT2D eigenvalue weighted by molar-refractivity contribution is 7.89. The molecule has 1 fully saturated rings. The number of carbonyl (C=O) groups excluding carboxylic acids is 1. The van der Waals surface area contributed by atoms with E-state index in [1.807, 2.05) is 26.0 Å². The van der Waals surface area contributed by atoms with Gasteiger partial charge in [0.15, 0.2) is 0 Å². The maximum absolute atomic E-state index is 13.9. The fraction of sp³-hybridized carbons (Fsp3) is 0.407. The third kappa shape index (κ3) is 5.33. The Labute approximate surface area is 206 Å². The van der Waals surface area contributed by atoms with Crippen molar-refractivity contribution in [1.82, 2.24) is 9.29 Å². The van der Waals surface area contributed by atoms with Crippen molar-refractivity contribution < 1.29 is 17.9 Å². The number of H-pyrrole nitrogens is 1. The number of pyridine rings is 1. The molecule has 1 heterocycles. The number of esters is 1. The van der Waals surface area contributed by atoms with Crippen LogP contribution >= 0.6 is 0 Å². The van der Waals surface area contributed by atoms with Gasteiger partial charge in [0.2, 0.25) is 10.0 Å². The minimum Gasteiger partial charge on any atom is -0.462 e. The highest BCUT2D eigenvalue weighted by Gasteiger charge is 2.33. The average molecular weight is 497 g/mol. The summed E-state index contributed by atoms with van der Waals surface area (Å²) in [5, 5.41) is 0.877. The maximum atomic E-state index is 13.9. The Kier molecular flexibility index (Phi) is 7.42. The molecule has 7 nitrogen and oxygen atoms in total. The molecule has 0 bridgehead atoms. The van der Waals surface area contributed by atoms with E-state index in [0.29, 0.717) is 5.56 Å². The fourth-order valence-corrected chi connectivity index (χ4v) is 6.64. The van der Waals surface area contributed by atoms with Crippen LogP contribution in [0.25, 0.3) is 10.9 Å². The monoisotopic (exact) mass is 496 g/mol. The second-order valence-corrected chi connectivity index (χ2v) is 11.2. The number of aromatic nitrogens is 1. The number of rotatable bonds is 7. The zero-order chi connectivity index (χ0) is 25.2. The number of aryl methyl sites for hydroxylation is 2. The quantitative estimate of drug-likeness (QED) is 0.472. The Morgan fingerprint density at radius 1 is 1.09 bits per heavy atom. The summed E-state index contributed by atoms with van der Waals surface area (Å²) in [6, 6.07) is 11.5. The molecular formula is C27H32N2O5S. The predicted octanol–water partition coefficient (Wildman–Crippen LogP) is 4.85. The molecule has 1 aromatic heterocycles. The lowest BCUT2D eigenvalue weighted by molar-refractivity contribution is 0.0526. The Morgan fingerprint density at radius 3 is 2.54 bits per heavy atom. The zero-order valence-electron chi connectivity index (χ0n) is 20.5. The van der Waals surface area contributed by atoms with Crippen LogP contribution in [0, 0.1) is 13.8 Å². The van der Waals surface area contributed by atoms with Crippen LogP contribution in [0.2, 0.25) is 0 Å². The molecule has 1 N–H and O–H groups in total. The summed E-state index contributed by atoms with van der Waals surface area (Å²) in [7, 11) is -3.98. The summed E-state index contributed by atoms with van der Waals surface area (Å²) in [4.78, 5) is 28.2. The summed E-state index contributed by atoms with van der Waals surface area (Å²) in [5.41, 5.74) is 3.10. The van der Waals surface area contributed by atoms with Crippen LogP contribution in [-0.2, 0) is 21.3 Å². The molecule has 0 aliphatic heterocycles. The molecule has 8 heteroatoms. The van der Waals surface area contributed by atoms with Gasteiger partial charge in [0.1, 0.15) is 0 Å². The van der Waals surface area contributed by atoms with E-state index in [1.54, 1.807) is 25.1 Å². The van der Waals surface area contributed by atoms with E-state index in [1.165, 1.54) is 16.4 Å². The molecule has 186 valence electrons. The van der Waals surface area contributed by atoms with Crippen LogP contribution in [0.15, 0.2) is 52.2 Å². The van der Waals surface area contributed by atoms with Crippen LogP contribution < -0.4 is 5.56 Å². The minimum atomic E-state index is -3.98. The van der Waals surface area contributed by atoms with Gasteiger partial charge in [-0.15, -0.1) is 0 Å². The Balaban J connectivity index is 1.77. The molecule has 0 saturated heterocycles. The standard InChI is InChI=1S/C27H32N2O5S/c1-4-34-27(31)20-9-8-12-24(16-20)35(32,33)29(23-10-6-5-7-11-23)17-22-15-21-14-18(2)13-19(3)25(21)28-26(22)30/h8-9,12-16,23H,4-7,10-11,17H2,1-3H3,(H,28,30). The van der Waals surface area contributed by atoms with Crippen LogP contribution in [0.4, 0.5) is 0 Å². The molecule has 2 aromatic carbocycles. The summed E-state index contributed by atoms with van der Waals surface area (Å²) in [5.74, 6) is -0.564. The number of aromatic amines is 1. The van der Waals surface area contributed by atoms with Gasteiger partial charge < -0.3 is 9.72 Å². The number of fused-ring (bicyclic) bond motifs is 1. The summed E-state index contributed by atoms with van der Waals surface area (Å²) >= 11 is 0. The maximum Gasteiger partial charge on any atom is 0.338 e. The van der Waals surface area contributed by atoms with Gasteiger partial charge in [-0.05, 0) is 74.9 Å². The average Bonchev–Trinajstić information content (AvgIpc) is 2.84. The van der Waals surface area contributed by atoms with Crippen LogP contribution in [-0.4, -0.2) is 36.3 Å². The van der Waals surface area contributed by atoms with Crippen LogP contribution in [0.1, 0.15) is 66.1 Å². The van der Waals surface area contributed by atoms with Crippen LogP contribution in [0.3, 0.4) is 0 Å². The van der Waals surface area contributed by atoms with Gasteiger partial charge >= 0.3 is 5.97 Å². The van der Waals surface area contributed by atoms with E-state index in [-0.39, 0.29) is 35.2 Å². The Morgan fingerprint density at radius 2 is 1.83 bits per heavy atom. The second kappa shape index (κ2) is 10.3. The first-order valence-corrected chi connectivity index (χ1v) is 13.6. The Bertz CT molecular complexity index is 1400. The van der Waals surface area contributed by atoms with Crippen molar-refractivity contribution in [1.29, 1.82) is 0 Å². The SMILES string of the molecule is CCOC(=O)c1cccc(S(=O)(=O)N(Cc2cc3cc(C)cc(C)c3[nH]c2=O)C2CCCCC2)c1. The van der Waals surface area contributed by atoms with Gasteiger partial charge in [-0.3, -0.25) is 4.79 Å². The topological polar surface area (TPSA) is 96.5 Å². The molecule has 4 rings (SSSR count). The van der Waals surface area contributed by atoms with Crippen molar-refractivity contribution >= 4 is 26.9 Å². The van der Waals surface area contributed by atoms with Crippen molar-refractivity contribution in [2.24, 2.45) is 0 Å². The third-order valence-electron chi connectivity index (χ3n) is 6.63. The molecular weight excluding hydrogens is 464 g/mol. The molecule has 1 aliphatic rings. The van der Waals surface area contributed by atoms with E-state index in [0.717, 1.165) is 54.1 Å². The highest BCUT2D eigenvalue weighted by Crippen LogP contribution is 2.30. The molecule has 3 aromatic rings. The lowest BCUT2D eigenvalue weighted by Gasteiger charge is -2.33. The van der Waals surface area contributed by atoms with Crippen molar-refractivity contribution in [3.8, 4) is 0 Å². The minimum absolute atomic E-state index is 0.0255. The van der Waals surface area contributed by atoms with E-state index < -0.39 is 16.0 Å².